The minimum atomic E-state index is -1.76. The normalized spacial score (nSPS) is 41.2. The molecule has 5 atom stereocenters. The van der Waals surface area contributed by atoms with E-state index in [4.69, 9.17) is 4.74 Å². The second kappa shape index (κ2) is 5.75. The maximum absolute atomic E-state index is 10.0. The van der Waals surface area contributed by atoms with Gasteiger partial charge in [-0.2, -0.15) is 0 Å². The number of alkyl halides is 1. The van der Waals surface area contributed by atoms with E-state index in [0.717, 1.165) is 12.8 Å². The van der Waals surface area contributed by atoms with Crippen molar-refractivity contribution in [1.82, 2.24) is 0 Å². The third kappa shape index (κ3) is 2.94. The molecule has 0 aromatic heterocycles. The molecule has 0 bridgehead atoms. The molecule has 1 fully saturated rings. The van der Waals surface area contributed by atoms with Crippen molar-refractivity contribution in [1.29, 1.82) is 0 Å². The lowest BCUT2D eigenvalue weighted by Crippen LogP contribution is -2.43. The van der Waals surface area contributed by atoms with Crippen molar-refractivity contribution in [3.63, 3.8) is 0 Å². The Labute approximate surface area is 103 Å². The number of hydrogen-bond acceptors (Lipinski definition) is 5. The summed E-state index contributed by atoms with van der Waals surface area (Å²) in [5.41, 5.74) is 0. The summed E-state index contributed by atoms with van der Waals surface area (Å²) in [6, 6.07) is 0. The first-order valence-electron chi connectivity index (χ1n) is 5.51. The smallest absolute Gasteiger partial charge is 0.195 e. The monoisotopic (exact) mass is 298 g/mol. The first-order valence-corrected chi connectivity index (χ1v) is 6.42. The van der Waals surface area contributed by atoms with Gasteiger partial charge in [0.1, 0.15) is 23.3 Å². The highest BCUT2D eigenvalue weighted by Gasteiger charge is 2.54. The van der Waals surface area contributed by atoms with E-state index in [9.17, 15) is 20.4 Å². The zero-order valence-corrected chi connectivity index (χ0v) is 10.8. The summed E-state index contributed by atoms with van der Waals surface area (Å²) in [5.74, 6) is -1.76. The van der Waals surface area contributed by atoms with Crippen molar-refractivity contribution in [3.8, 4) is 0 Å². The van der Waals surface area contributed by atoms with Gasteiger partial charge in [-0.05, 0) is 6.42 Å². The van der Waals surface area contributed by atoms with Gasteiger partial charge in [-0.3, -0.25) is 0 Å². The molecule has 0 spiro atoms. The van der Waals surface area contributed by atoms with Crippen LogP contribution in [0.1, 0.15) is 32.6 Å². The summed E-state index contributed by atoms with van der Waals surface area (Å²) in [5, 5.41) is 37.4. The lowest BCUT2D eigenvalue weighted by Gasteiger charge is -2.26. The van der Waals surface area contributed by atoms with Crippen LogP contribution in [0, 0.1) is 0 Å². The van der Waals surface area contributed by atoms with Gasteiger partial charge in [-0.15, -0.1) is 0 Å². The third-order valence-corrected chi connectivity index (χ3v) is 3.39. The van der Waals surface area contributed by atoms with E-state index >= 15 is 0 Å². The maximum Gasteiger partial charge on any atom is 0.195 e. The van der Waals surface area contributed by atoms with Crippen LogP contribution >= 0.6 is 15.9 Å². The van der Waals surface area contributed by atoms with Crippen LogP contribution in [0.4, 0.5) is 0 Å². The Morgan fingerprint density at radius 1 is 1.38 bits per heavy atom. The average Bonchev–Trinajstić information content (AvgIpc) is 2.44. The topological polar surface area (TPSA) is 90.2 Å². The van der Waals surface area contributed by atoms with Gasteiger partial charge in [-0.1, -0.05) is 35.7 Å². The maximum atomic E-state index is 10.0. The Kier molecular flexibility index (Phi) is 5.15. The SMILES string of the molecule is CCCCCC1(O)O[C@H](C(O)Br)[C@@H](O)[C@@H]1O. The molecule has 2 unspecified atom stereocenters. The van der Waals surface area contributed by atoms with Crippen LogP contribution < -0.4 is 0 Å². The summed E-state index contributed by atoms with van der Waals surface area (Å²) in [4.78, 5) is 0. The van der Waals surface area contributed by atoms with Crippen LogP contribution in [0.25, 0.3) is 0 Å². The van der Waals surface area contributed by atoms with E-state index < -0.39 is 29.1 Å². The molecule has 0 aliphatic carbocycles. The van der Waals surface area contributed by atoms with E-state index in [1.807, 2.05) is 6.92 Å². The number of ether oxygens (including phenoxy) is 1. The van der Waals surface area contributed by atoms with Crippen molar-refractivity contribution in [2.75, 3.05) is 0 Å². The molecule has 1 rings (SSSR count). The van der Waals surface area contributed by atoms with Gasteiger partial charge >= 0.3 is 0 Å². The lowest BCUT2D eigenvalue weighted by molar-refractivity contribution is -0.236. The van der Waals surface area contributed by atoms with Gasteiger partial charge in [0.15, 0.2) is 5.79 Å². The molecule has 0 radical (unpaired) electrons. The molecule has 0 saturated carbocycles. The van der Waals surface area contributed by atoms with Gasteiger partial charge < -0.3 is 25.2 Å². The highest BCUT2D eigenvalue weighted by atomic mass is 79.9. The number of aliphatic hydroxyl groups excluding tert-OH is 3. The first kappa shape index (κ1) is 14.3. The van der Waals surface area contributed by atoms with Crippen LogP contribution in [-0.4, -0.2) is 49.5 Å². The molecule has 96 valence electrons. The minimum absolute atomic E-state index is 0.245. The molecule has 0 aromatic carbocycles. The fourth-order valence-electron chi connectivity index (χ4n) is 1.88. The van der Waals surface area contributed by atoms with Gasteiger partial charge in [-0.25, -0.2) is 0 Å². The molecule has 16 heavy (non-hydrogen) atoms. The van der Waals surface area contributed by atoms with E-state index in [0.29, 0.717) is 6.42 Å². The molecule has 0 amide bonds. The fraction of sp³-hybridized carbons (Fsp3) is 1.00. The van der Waals surface area contributed by atoms with Crippen LogP contribution in [-0.2, 0) is 4.74 Å². The zero-order valence-electron chi connectivity index (χ0n) is 9.21. The van der Waals surface area contributed by atoms with E-state index in [1.165, 1.54) is 0 Å². The molecule has 1 aliphatic rings. The summed E-state index contributed by atoms with van der Waals surface area (Å²) in [7, 11) is 0. The molecule has 6 heteroatoms. The first-order chi connectivity index (χ1) is 7.42. The van der Waals surface area contributed by atoms with Crippen molar-refractivity contribution < 1.29 is 25.2 Å². The van der Waals surface area contributed by atoms with Crippen molar-refractivity contribution in [2.24, 2.45) is 0 Å². The average molecular weight is 299 g/mol. The van der Waals surface area contributed by atoms with Crippen LogP contribution in [0.3, 0.4) is 0 Å². The highest BCUT2D eigenvalue weighted by Crippen LogP contribution is 2.35. The summed E-state index contributed by atoms with van der Waals surface area (Å²) in [6.45, 7) is 2.02. The Morgan fingerprint density at radius 3 is 2.44 bits per heavy atom. The number of rotatable bonds is 5. The number of hydrogen-bond donors (Lipinski definition) is 4. The van der Waals surface area contributed by atoms with Gasteiger partial charge in [0, 0.05) is 6.42 Å². The number of unbranched alkanes of at least 4 members (excludes halogenated alkanes) is 2. The molecule has 4 N–H and O–H groups in total. The Morgan fingerprint density at radius 2 is 2.00 bits per heavy atom. The molecular formula is C10H19BrO5. The predicted molar refractivity (Wildman–Crippen MR) is 60.9 cm³/mol. The quantitative estimate of drug-likeness (QED) is 0.427. The van der Waals surface area contributed by atoms with Crippen molar-refractivity contribution >= 4 is 15.9 Å². The predicted octanol–water partition coefficient (Wildman–Crippen LogP) is 0.0892. The van der Waals surface area contributed by atoms with Crippen molar-refractivity contribution in [2.45, 2.75) is 61.7 Å². The Hall–Kier alpha value is 0.280. The molecule has 0 aromatic rings. The van der Waals surface area contributed by atoms with Crippen molar-refractivity contribution in [3.05, 3.63) is 0 Å². The summed E-state index contributed by atoms with van der Waals surface area (Å²) in [6.07, 6.45) is -0.851. The molecule has 5 nitrogen and oxygen atoms in total. The molecular weight excluding hydrogens is 280 g/mol. The Balaban J connectivity index is 2.60. The second-order valence-electron chi connectivity index (χ2n) is 4.19. The van der Waals surface area contributed by atoms with Gasteiger partial charge in [0.05, 0.1) is 0 Å². The second-order valence-corrected chi connectivity index (χ2v) is 5.13. The van der Waals surface area contributed by atoms with Crippen LogP contribution in [0.2, 0.25) is 0 Å². The van der Waals surface area contributed by atoms with Crippen LogP contribution in [0.5, 0.6) is 0 Å². The summed E-state index contributed by atoms with van der Waals surface area (Å²) >= 11 is 2.85. The third-order valence-electron chi connectivity index (χ3n) is 2.87. The Bertz CT molecular complexity index is 225. The van der Waals surface area contributed by atoms with Crippen LogP contribution in [0.15, 0.2) is 0 Å². The lowest BCUT2D eigenvalue weighted by atomic mass is 10.00. The molecule has 1 aliphatic heterocycles. The van der Waals surface area contributed by atoms with Gasteiger partial charge in [0.2, 0.25) is 0 Å². The van der Waals surface area contributed by atoms with E-state index in [2.05, 4.69) is 15.9 Å². The van der Waals surface area contributed by atoms with E-state index in [-0.39, 0.29) is 6.42 Å². The van der Waals surface area contributed by atoms with Gasteiger partial charge in [0.25, 0.3) is 0 Å². The zero-order chi connectivity index (χ0) is 12.3. The molecule has 1 saturated heterocycles. The fourth-order valence-corrected chi connectivity index (χ4v) is 2.30. The number of halogens is 1. The number of aliphatic hydroxyl groups is 4. The molecule has 1 heterocycles. The largest absolute Gasteiger partial charge is 0.387 e. The summed E-state index contributed by atoms with van der Waals surface area (Å²) < 4.78 is 5.14. The highest BCUT2D eigenvalue weighted by molar-refractivity contribution is 9.09. The minimum Gasteiger partial charge on any atom is -0.387 e. The standard InChI is InChI=1S/C10H19BrO5/c1-2-3-4-5-10(15)8(13)6(12)7(16-10)9(11)14/h6-9,12-15H,2-5H2,1H3/t6-,7+,8+,9?,10?/m1/s1. The van der Waals surface area contributed by atoms with E-state index in [1.54, 1.807) is 0 Å².